The van der Waals surface area contributed by atoms with Crippen molar-refractivity contribution in [3.63, 3.8) is 0 Å². The van der Waals surface area contributed by atoms with Crippen LogP contribution in [0.25, 0.3) is 15.5 Å². The van der Waals surface area contributed by atoms with Crippen LogP contribution in [-0.4, -0.2) is 19.6 Å². The van der Waals surface area contributed by atoms with Crippen LogP contribution >= 0.6 is 22.7 Å². The van der Waals surface area contributed by atoms with Gasteiger partial charge in [0.1, 0.15) is 12.4 Å². The Balaban J connectivity index is 2.22. The van der Waals surface area contributed by atoms with Gasteiger partial charge >= 0.3 is 0 Å². The normalized spacial score (nSPS) is 10.8. The van der Waals surface area contributed by atoms with Gasteiger partial charge in [0.2, 0.25) is 4.96 Å². The third-order valence-corrected chi connectivity index (χ3v) is 4.11. The number of thiazole rings is 2. The van der Waals surface area contributed by atoms with E-state index in [-0.39, 0.29) is 0 Å². The topological polar surface area (TPSA) is 66.9 Å². The molecule has 0 saturated heterocycles. The number of nitriles is 1. The molecule has 3 heterocycles. The fraction of sp³-hybridized carbons (Fsp3) is 0.111. The number of aromatic nitrogens is 4. The lowest BCUT2D eigenvalue weighted by atomic mass is 10.3. The SMILES string of the molecule is Cc1c(-c2csc(C#N)n2)sc2ncnn12. The summed E-state index contributed by atoms with van der Waals surface area (Å²) in [7, 11) is 0. The van der Waals surface area contributed by atoms with E-state index in [4.69, 9.17) is 5.26 Å². The Hall–Kier alpha value is -1.78. The minimum atomic E-state index is 0.480. The minimum absolute atomic E-state index is 0.480. The molecular formula is C9H5N5S2. The van der Waals surface area contributed by atoms with Crippen LogP contribution < -0.4 is 0 Å². The molecule has 0 N–H and O–H groups in total. The lowest BCUT2D eigenvalue weighted by Gasteiger charge is -1.91. The van der Waals surface area contributed by atoms with Crippen molar-refractivity contribution in [2.24, 2.45) is 0 Å². The smallest absolute Gasteiger partial charge is 0.212 e. The Bertz CT molecular complexity index is 699. The number of aryl methyl sites for hydroxylation is 1. The predicted octanol–water partition coefficient (Wildman–Crippen LogP) is 2.09. The van der Waals surface area contributed by atoms with Gasteiger partial charge in [-0.15, -0.1) is 11.3 Å². The van der Waals surface area contributed by atoms with Crippen molar-refractivity contribution in [2.45, 2.75) is 6.92 Å². The van der Waals surface area contributed by atoms with Crippen LogP contribution in [0.4, 0.5) is 0 Å². The van der Waals surface area contributed by atoms with Crippen molar-refractivity contribution in [1.82, 2.24) is 19.6 Å². The molecule has 0 bridgehead atoms. The lowest BCUT2D eigenvalue weighted by Crippen LogP contribution is -1.87. The molecule has 16 heavy (non-hydrogen) atoms. The van der Waals surface area contributed by atoms with Crippen molar-refractivity contribution in [3.8, 4) is 16.6 Å². The van der Waals surface area contributed by atoms with Gasteiger partial charge in [0, 0.05) is 5.38 Å². The summed E-state index contributed by atoms with van der Waals surface area (Å²) < 4.78 is 1.78. The van der Waals surface area contributed by atoms with Gasteiger partial charge in [-0.1, -0.05) is 11.3 Å². The van der Waals surface area contributed by atoms with Crippen molar-refractivity contribution in [2.75, 3.05) is 0 Å². The molecule has 0 aromatic carbocycles. The summed E-state index contributed by atoms with van der Waals surface area (Å²) in [4.78, 5) is 10.2. The lowest BCUT2D eigenvalue weighted by molar-refractivity contribution is 0.933. The molecule has 0 atom stereocenters. The van der Waals surface area contributed by atoms with E-state index < -0.39 is 0 Å². The highest BCUT2D eigenvalue weighted by Crippen LogP contribution is 2.31. The van der Waals surface area contributed by atoms with Crippen molar-refractivity contribution in [3.05, 3.63) is 22.4 Å². The van der Waals surface area contributed by atoms with Crippen LogP contribution in [0.15, 0.2) is 11.7 Å². The Labute approximate surface area is 98.6 Å². The van der Waals surface area contributed by atoms with E-state index in [2.05, 4.69) is 15.1 Å². The van der Waals surface area contributed by atoms with Crippen molar-refractivity contribution >= 4 is 27.6 Å². The number of hydrogen-bond acceptors (Lipinski definition) is 6. The van der Waals surface area contributed by atoms with Gasteiger partial charge in [-0.25, -0.2) is 14.5 Å². The van der Waals surface area contributed by atoms with E-state index in [0.29, 0.717) is 5.01 Å². The molecule has 5 nitrogen and oxygen atoms in total. The first-order valence-corrected chi connectivity index (χ1v) is 6.14. The van der Waals surface area contributed by atoms with E-state index >= 15 is 0 Å². The van der Waals surface area contributed by atoms with Crippen LogP contribution in [0, 0.1) is 18.3 Å². The summed E-state index contributed by atoms with van der Waals surface area (Å²) in [5.74, 6) is 0. The van der Waals surface area contributed by atoms with Gasteiger partial charge < -0.3 is 0 Å². The minimum Gasteiger partial charge on any atom is -0.225 e. The van der Waals surface area contributed by atoms with E-state index in [9.17, 15) is 0 Å². The number of rotatable bonds is 1. The Kier molecular flexibility index (Phi) is 1.99. The summed E-state index contributed by atoms with van der Waals surface area (Å²) in [5, 5.41) is 15.2. The Morgan fingerprint density at radius 2 is 2.38 bits per heavy atom. The zero-order valence-electron chi connectivity index (χ0n) is 8.21. The first-order chi connectivity index (χ1) is 7.79. The van der Waals surface area contributed by atoms with Crippen LogP contribution in [0.1, 0.15) is 10.7 Å². The molecule has 0 spiro atoms. The third kappa shape index (κ3) is 1.24. The van der Waals surface area contributed by atoms with Gasteiger partial charge in [-0.2, -0.15) is 10.4 Å². The van der Waals surface area contributed by atoms with E-state index in [1.807, 2.05) is 18.4 Å². The molecule has 78 valence electrons. The molecule has 0 radical (unpaired) electrons. The van der Waals surface area contributed by atoms with Gasteiger partial charge in [0.05, 0.1) is 16.3 Å². The molecule has 0 unspecified atom stereocenters. The molecule has 0 saturated carbocycles. The molecule has 0 fully saturated rings. The monoisotopic (exact) mass is 247 g/mol. The number of nitrogens with zero attached hydrogens (tertiary/aromatic N) is 5. The second kappa shape index (κ2) is 3.37. The fourth-order valence-corrected chi connectivity index (χ4v) is 3.13. The van der Waals surface area contributed by atoms with Gasteiger partial charge in [-0.3, -0.25) is 0 Å². The van der Waals surface area contributed by atoms with Crippen LogP contribution in [0.2, 0.25) is 0 Å². The van der Waals surface area contributed by atoms with Gasteiger partial charge in [0.25, 0.3) is 0 Å². The zero-order chi connectivity index (χ0) is 11.1. The quantitative estimate of drug-likeness (QED) is 0.660. The molecule has 3 aromatic heterocycles. The van der Waals surface area contributed by atoms with Crippen molar-refractivity contribution in [1.29, 1.82) is 5.26 Å². The van der Waals surface area contributed by atoms with E-state index in [1.54, 1.807) is 4.52 Å². The first kappa shape index (κ1) is 9.45. The predicted molar refractivity (Wildman–Crippen MR) is 61.4 cm³/mol. The van der Waals surface area contributed by atoms with Crippen LogP contribution in [0.3, 0.4) is 0 Å². The third-order valence-electron chi connectivity index (χ3n) is 2.19. The Morgan fingerprint density at radius 3 is 3.06 bits per heavy atom. The van der Waals surface area contributed by atoms with E-state index in [1.165, 1.54) is 29.0 Å². The molecule has 7 heteroatoms. The van der Waals surface area contributed by atoms with Gasteiger partial charge in [-0.05, 0) is 6.92 Å². The average molecular weight is 247 g/mol. The summed E-state index contributed by atoms with van der Waals surface area (Å²) in [6.07, 6.45) is 1.53. The number of hydrogen-bond donors (Lipinski definition) is 0. The highest BCUT2D eigenvalue weighted by Gasteiger charge is 2.14. The molecule has 3 aromatic rings. The maximum atomic E-state index is 8.74. The molecular weight excluding hydrogens is 242 g/mol. The van der Waals surface area contributed by atoms with Gasteiger partial charge in [0.15, 0.2) is 5.01 Å². The summed E-state index contributed by atoms with van der Waals surface area (Å²) in [6.45, 7) is 1.97. The molecule has 3 rings (SSSR count). The second-order valence-electron chi connectivity index (χ2n) is 3.12. The zero-order valence-corrected chi connectivity index (χ0v) is 9.84. The highest BCUT2D eigenvalue weighted by molar-refractivity contribution is 7.20. The molecule has 0 amide bonds. The summed E-state index contributed by atoms with van der Waals surface area (Å²) in [6, 6.07) is 2.04. The Morgan fingerprint density at radius 1 is 1.50 bits per heavy atom. The maximum absolute atomic E-state index is 8.74. The first-order valence-electron chi connectivity index (χ1n) is 4.44. The van der Waals surface area contributed by atoms with E-state index in [0.717, 1.165) is 21.2 Å². The largest absolute Gasteiger partial charge is 0.225 e. The number of fused-ring (bicyclic) bond motifs is 1. The van der Waals surface area contributed by atoms with Crippen LogP contribution in [-0.2, 0) is 0 Å². The summed E-state index contributed by atoms with van der Waals surface area (Å²) in [5.41, 5.74) is 1.84. The second-order valence-corrected chi connectivity index (χ2v) is 4.96. The molecule has 0 aliphatic carbocycles. The van der Waals surface area contributed by atoms with Crippen molar-refractivity contribution < 1.29 is 0 Å². The average Bonchev–Trinajstić information content (AvgIpc) is 2.96. The fourth-order valence-electron chi connectivity index (χ4n) is 1.46. The molecule has 0 aliphatic rings. The molecule has 0 aliphatic heterocycles. The van der Waals surface area contributed by atoms with Crippen LogP contribution in [0.5, 0.6) is 0 Å². The highest BCUT2D eigenvalue weighted by atomic mass is 32.1. The standard InChI is InChI=1S/C9H5N5S2/c1-5-8(6-3-15-7(2-10)13-6)16-9-11-4-12-14(5)9/h3-4H,1H3. The summed E-state index contributed by atoms with van der Waals surface area (Å²) >= 11 is 2.88. The maximum Gasteiger partial charge on any atom is 0.212 e.